The molecule has 0 bridgehead atoms. The van der Waals surface area contributed by atoms with Crippen LogP contribution in [0.1, 0.15) is 12.5 Å². The van der Waals surface area contributed by atoms with Crippen molar-refractivity contribution in [2.24, 2.45) is 0 Å². The molecule has 0 spiro atoms. The number of hydrogen-bond acceptors (Lipinski definition) is 4. The summed E-state index contributed by atoms with van der Waals surface area (Å²) in [6.07, 6.45) is 0. The predicted octanol–water partition coefficient (Wildman–Crippen LogP) is 7.11. The van der Waals surface area contributed by atoms with Crippen molar-refractivity contribution >= 4 is 50.3 Å². The van der Waals surface area contributed by atoms with Crippen molar-refractivity contribution in [2.75, 3.05) is 13.4 Å². The Morgan fingerprint density at radius 3 is 2.53 bits per heavy atom. The highest BCUT2D eigenvalue weighted by Crippen LogP contribution is 2.32. The van der Waals surface area contributed by atoms with E-state index in [4.69, 9.17) is 26.1 Å². The lowest BCUT2D eigenvalue weighted by atomic mass is 10.2. The lowest BCUT2D eigenvalue weighted by Crippen LogP contribution is -2.02. The Bertz CT molecular complexity index is 1130. The molecule has 0 atom stereocenters. The van der Waals surface area contributed by atoms with Crippen LogP contribution in [0.15, 0.2) is 76.4 Å². The summed E-state index contributed by atoms with van der Waals surface area (Å²) >= 11 is 11.5. The van der Waals surface area contributed by atoms with Crippen molar-refractivity contribution in [1.29, 1.82) is 0 Å². The van der Waals surface area contributed by atoms with Gasteiger partial charge in [-0.05, 0) is 67.1 Å². The molecule has 154 valence electrons. The number of rotatable bonds is 8. The van der Waals surface area contributed by atoms with Crippen LogP contribution in [-0.2, 0) is 10.5 Å². The highest BCUT2D eigenvalue weighted by molar-refractivity contribution is 9.10. The van der Waals surface area contributed by atoms with E-state index in [0.29, 0.717) is 11.6 Å². The minimum atomic E-state index is 0.244. The van der Waals surface area contributed by atoms with Gasteiger partial charge in [0.15, 0.2) is 11.9 Å². The van der Waals surface area contributed by atoms with Crippen molar-refractivity contribution in [2.45, 2.75) is 17.8 Å². The number of hydrogen-bond donors (Lipinski definition) is 0. The Morgan fingerprint density at radius 1 is 1.03 bits per heavy atom. The second kappa shape index (κ2) is 9.88. The van der Waals surface area contributed by atoms with Crippen LogP contribution in [0.5, 0.6) is 5.75 Å². The van der Waals surface area contributed by atoms with Crippen molar-refractivity contribution in [1.82, 2.24) is 9.55 Å². The van der Waals surface area contributed by atoms with E-state index in [1.54, 1.807) is 11.8 Å². The van der Waals surface area contributed by atoms with Crippen LogP contribution in [0.3, 0.4) is 0 Å². The zero-order chi connectivity index (χ0) is 20.9. The molecular weight excluding hydrogens is 484 g/mol. The van der Waals surface area contributed by atoms with Crippen LogP contribution >= 0.6 is 39.3 Å². The van der Waals surface area contributed by atoms with Crippen molar-refractivity contribution in [3.05, 3.63) is 81.8 Å². The molecule has 0 N–H and O–H groups in total. The maximum absolute atomic E-state index is 6.29. The second-order valence-electron chi connectivity index (χ2n) is 6.53. The van der Waals surface area contributed by atoms with Gasteiger partial charge in [-0.3, -0.25) is 4.57 Å². The summed E-state index contributed by atoms with van der Waals surface area (Å²) in [5, 5.41) is 1.60. The van der Waals surface area contributed by atoms with Crippen LogP contribution in [0.4, 0.5) is 0 Å². The summed E-state index contributed by atoms with van der Waals surface area (Å²) in [6, 6.07) is 22.0. The molecule has 7 heteroatoms. The fraction of sp³-hybridized carbons (Fsp3) is 0.174. The summed E-state index contributed by atoms with van der Waals surface area (Å²) < 4.78 is 14.1. The number of nitrogens with zero attached hydrogens (tertiary/aromatic N) is 2. The first-order valence-electron chi connectivity index (χ1n) is 9.50. The first-order chi connectivity index (χ1) is 14.6. The Hall–Kier alpha value is -1.99. The number of aromatic nitrogens is 2. The van der Waals surface area contributed by atoms with Gasteiger partial charge in [0.1, 0.15) is 5.75 Å². The monoisotopic (exact) mass is 502 g/mol. The molecule has 4 nitrogen and oxygen atoms in total. The number of fused-ring (bicyclic) bond motifs is 1. The van der Waals surface area contributed by atoms with Gasteiger partial charge < -0.3 is 9.47 Å². The van der Waals surface area contributed by atoms with E-state index in [9.17, 15) is 0 Å². The van der Waals surface area contributed by atoms with E-state index < -0.39 is 0 Å². The fourth-order valence-corrected chi connectivity index (χ4v) is 4.40. The van der Waals surface area contributed by atoms with Gasteiger partial charge in [0, 0.05) is 27.5 Å². The third-order valence-electron chi connectivity index (χ3n) is 4.47. The van der Waals surface area contributed by atoms with Crippen molar-refractivity contribution in [3.63, 3.8) is 0 Å². The van der Waals surface area contributed by atoms with Gasteiger partial charge in [-0.1, -0.05) is 51.4 Å². The molecule has 30 heavy (non-hydrogen) atoms. The summed E-state index contributed by atoms with van der Waals surface area (Å²) in [5.41, 5.74) is 4.12. The average Bonchev–Trinajstić information content (AvgIpc) is 3.11. The van der Waals surface area contributed by atoms with Gasteiger partial charge in [-0.25, -0.2) is 4.98 Å². The first kappa shape index (κ1) is 21.2. The third kappa shape index (κ3) is 5.01. The predicted molar refractivity (Wildman–Crippen MR) is 127 cm³/mol. The molecule has 4 aromatic rings. The lowest BCUT2D eigenvalue weighted by molar-refractivity contribution is 0.0224. The normalized spacial score (nSPS) is 11.2. The van der Waals surface area contributed by atoms with Crippen molar-refractivity contribution in [3.8, 4) is 11.4 Å². The summed E-state index contributed by atoms with van der Waals surface area (Å²) in [5.74, 6) is 1.58. The minimum Gasteiger partial charge on any atom is -0.468 e. The van der Waals surface area contributed by atoms with Gasteiger partial charge in [0.25, 0.3) is 0 Å². The molecule has 0 aliphatic rings. The fourth-order valence-electron chi connectivity index (χ4n) is 2.99. The maximum atomic E-state index is 6.29. The minimum absolute atomic E-state index is 0.244. The van der Waals surface area contributed by atoms with E-state index in [1.807, 2.05) is 49.4 Å². The highest BCUT2D eigenvalue weighted by Gasteiger charge is 2.14. The molecule has 1 heterocycles. The van der Waals surface area contributed by atoms with Crippen LogP contribution in [0, 0.1) is 0 Å². The molecule has 0 radical (unpaired) electrons. The number of ether oxygens (including phenoxy) is 2. The summed E-state index contributed by atoms with van der Waals surface area (Å²) in [7, 11) is 0. The standard InChI is InChI=1S/C23H20BrClN2O2S/c1-2-28-15-29-20-10-8-19(9-11-20)27-22-13-18(25)7-12-21(22)26-23(27)30-14-16-3-5-17(24)6-4-16/h3-13H,2,14-15H2,1H3. The number of thioether (sulfide) groups is 1. The van der Waals surface area contributed by atoms with Gasteiger partial charge >= 0.3 is 0 Å². The van der Waals surface area contributed by atoms with Crippen molar-refractivity contribution < 1.29 is 9.47 Å². The molecule has 4 rings (SSSR count). The second-order valence-corrected chi connectivity index (χ2v) is 8.82. The molecule has 0 fully saturated rings. The molecule has 3 aromatic carbocycles. The third-order valence-corrected chi connectivity index (χ3v) is 6.25. The van der Waals surface area contributed by atoms with Gasteiger partial charge in [-0.2, -0.15) is 0 Å². The zero-order valence-corrected chi connectivity index (χ0v) is 19.5. The van der Waals surface area contributed by atoms with Crippen LogP contribution in [-0.4, -0.2) is 23.0 Å². The van der Waals surface area contributed by atoms with E-state index in [2.05, 4.69) is 44.8 Å². The number of halogens is 2. The van der Waals surface area contributed by atoms with Gasteiger partial charge in [0.2, 0.25) is 0 Å². The quantitative estimate of drug-likeness (QED) is 0.146. The van der Waals surface area contributed by atoms with Crippen LogP contribution in [0.2, 0.25) is 5.02 Å². The van der Waals surface area contributed by atoms with Crippen LogP contribution < -0.4 is 4.74 Å². The lowest BCUT2D eigenvalue weighted by Gasteiger charge is -2.11. The zero-order valence-electron chi connectivity index (χ0n) is 16.3. The number of imidazole rings is 1. The molecule has 1 aromatic heterocycles. The molecule has 0 saturated carbocycles. The SMILES string of the molecule is CCOCOc1ccc(-n2c(SCc3ccc(Br)cc3)nc3ccc(Cl)cc32)cc1. The highest BCUT2D eigenvalue weighted by atomic mass is 79.9. The maximum Gasteiger partial charge on any atom is 0.189 e. The molecule has 0 unspecified atom stereocenters. The Kier molecular flexibility index (Phi) is 7.00. The van der Waals surface area contributed by atoms with Gasteiger partial charge in [-0.15, -0.1) is 0 Å². The summed E-state index contributed by atoms with van der Waals surface area (Å²) in [6.45, 7) is 2.81. The van der Waals surface area contributed by atoms with Crippen LogP contribution in [0.25, 0.3) is 16.7 Å². The van der Waals surface area contributed by atoms with E-state index in [0.717, 1.165) is 37.9 Å². The Labute approximate surface area is 193 Å². The smallest absolute Gasteiger partial charge is 0.189 e. The Morgan fingerprint density at radius 2 is 1.80 bits per heavy atom. The largest absolute Gasteiger partial charge is 0.468 e. The average molecular weight is 504 g/mol. The van der Waals surface area contributed by atoms with E-state index >= 15 is 0 Å². The molecular formula is C23H20BrClN2O2S. The topological polar surface area (TPSA) is 36.3 Å². The molecule has 0 amide bonds. The molecule has 0 aliphatic heterocycles. The van der Waals surface area contributed by atoms with E-state index in [-0.39, 0.29) is 6.79 Å². The van der Waals surface area contributed by atoms with Gasteiger partial charge in [0.05, 0.1) is 11.0 Å². The molecule has 0 saturated heterocycles. The first-order valence-corrected chi connectivity index (χ1v) is 11.7. The summed E-state index contributed by atoms with van der Waals surface area (Å²) in [4.78, 5) is 4.85. The number of benzene rings is 3. The Balaban J connectivity index is 1.65. The van der Waals surface area contributed by atoms with E-state index in [1.165, 1.54) is 5.56 Å². The molecule has 0 aliphatic carbocycles.